The van der Waals surface area contributed by atoms with Gasteiger partial charge in [0.05, 0.1) is 0 Å². The Kier molecular flexibility index (Phi) is 6.90. The van der Waals surface area contributed by atoms with Gasteiger partial charge in [0.15, 0.2) is 0 Å². The molecule has 0 heterocycles. The van der Waals surface area contributed by atoms with Crippen LogP contribution in [0.3, 0.4) is 0 Å². The van der Waals surface area contributed by atoms with Gasteiger partial charge in [0, 0.05) is 19.1 Å². The van der Waals surface area contributed by atoms with Crippen molar-refractivity contribution in [2.75, 3.05) is 13.1 Å². The van der Waals surface area contributed by atoms with E-state index < -0.39 is 0 Å². The lowest BCUT2D eigenvalue weighted by Crippen LogP contribution is -2.37. The summed E-state index contributed by atoms with van der Waals surface area (Å²) >= 11 is 0. The molecule has 96 valence electrons. The van der Waals surface area contributed by atoms with Gasteiger partial charge in [-0.15, -0.1) is 0 Å². The highest BCUT2D eigenvalue weighted by atomic mass is 15.1. The summed E-state index contributed by atoms with van der Waals surface area (Å²) in [4.78, 5) is 2.43. The Morgan fingerprint density at radius 2 is 1.88 bits per heavy atom. The molecule has 0 spiro atoms. The van der Waals surface area contributed by atoms with E-state index in [0.29, 0.717) is 6.04 Å². The largest absolute Gasteiger partial charge is 0.327 e. The number of hydrogen-bond acceptors (Lipinski definition) is 2. The second-order valence-electron chi connectivity index (χ2n) is 4.72. The monoisotopic (exact) mass is 234 g/mol. The van der Waals surface area contributed by atoms with Crippen molar-refractivity contribution in [1.82, 2.24) is 4.90 Å². The highest BCUT2D eigenvalue weighted by molar-refractivity contribution is 5.14. The van der Waals surface area contributed by atoms with Gasteiger partial charge in [0.1, 0.15) is 0 Å². The van der Waals surface area contributed by atoms with E-state index in [4.69, 9.17) is 5.73 Å². The summed E-state index contributed by atoms with van der Waals surface area (Å²) in [5.41, 5.74) is 7.52. The number of nitrogens with zero attached hydrogens (tertiary/aromatic N) is 1. The average Bonchev–Trinajstić information content (AvgIpc) is 2.36. The van der Waals surface area contributed by atoms with Crippen LogP contribution in [0.5, 0.6) is 0 Å². The predicted molar refractivity (Wildman–Crippen MR) is 74.9 cm³/mol. The Balaban J connectivity index is 2.38. The molecule has 2 N–H and O–H groups in total. The van der Waals surface area contributed by atoms with Crippen LogP contribution in [-0.2, 0) is 6.54 Å². The summed E-state index contributed by atoms with van der Waals surface area (Å²) in [6.07, 6.45) is 3.62. The van der Waals surface area contributed by atoms with Crippen molar-refractivity contribution in [1.29, 1.82) is 0 Å². The fourth-order valence-electron chi connectivity index (χ4n) is 2.04. The van der Waals surface area contributed by atoms with Crippen LogP contribution < -0.4 is 5.73 Å². The zero-order valence-electron chi connectivity index (χ0n) is 11.2. The van der Waals surface area contributed by atoms with E-state index in [2.05, 4.69) is 49.1 Å². The highest BCUT2D eigenvalue weighted by Gasteiger charge is 2.09. The third kappa shape index (κ3) is 5.85. The third-order valence-electron chi connectivity index (χ3n) is 3.12. The van der Waals surface area contributed by atoms with E-state index in [0.717, 1.165) is 26.1 Å². The van der Waals surface area contributed by atoms with Gasteiger partial charge in [-0.05, 0) is 18.5 Å². The first-order chi connectivity index (χ1) is 8.26. The number of benzene rings is 1. The molecule has 2 heteroatoms. The fraction of sp³-hybridized carbons (Fsp3) is 0.600. The number of likely N-dealkylation sites (N-methyl/N-ethyl adjacent to an activating group) is 1. The number of rotatable bonds is 8. The molecule has 1 rings (SSSR count). The first kappa shape index (κ1) is 14.2. The fourth-order valence-corrected chi connectivity index (χ4v) is 2.04. The molecular weight excluding hydrogens is 208 g/mol. The minimum absolute atomic E-state index is 0.318. The highest BCUT2D eigenvalue weighted by Crippen LogP contribution is 2.06. The van der Waals surface area contributed by atoms with E-state index in [1.54, 1.807) is 0 Å². The minimum atomic E-state index is 0.318. The molecule has 0 aromatic heterocycles. The first-order valence-corrected chi connectivity index (χ1v) is 6.78. The summed E-state index contributed by atoms with van der Waals surface area (Å²) in [6.45, 7) is 7.50. The Labute approximate surface area is 106 Å². The summed E-state index contributed by atoms with van der Waals surface area (Å²) < 4.78 is 0. The second-order valence-corrected chi connectivity index (χ2v) is 4.72. The Morgan fingerprint density at radius 3 is 2.47 bits per heavy atom. The molecule has 0 aliphatic carbocycles. The van der Waals surface area contributed by atoms with E-state index >= 15 is 0 Å². The van der Waals surface area contributed by atoms with Crippen molar-refractivity contribution in [2.24, 2.45) is 5.73 Å². The molecule has 1 unspecified atom stereocenters. The van der Waals surface area contributed by atoms with Gasteiger partial charge in [-0.1, -0.05) is 57.0 Å². The predicted octanol–water partition coefficient (Wildman–Crippen LogP) is 3.03. The molecule has 0 fully saturated rings. The zero-order valence-corrected chi connectivity index (χ0v) is 11.2. The van der Waals surface area contributed by atoms with Crippen LogP contribution in [0.4, 0.5) is 0 Å². The maximum Gasteiger partial charge on any atom is 0.0234 e. The van der Waals surface area contributed by atoms with E-state index in [-0.39, 0.29) is 0 Å². The maximum atomic E-state index is 6.15. The number of unbranched alkanes of at least 4 members (excludes halogenated alkanes) is 1. The molecule has 0 aliphatic rings. The molecule has 0 saturated carbocycles. The average molecular weight is 234 g/mol. The molecular formula is C15H26N2. The van der Waals surface area contributed by atoms with Crippen molar-refractivity contribution < 1.29 is 0 Å². The van der Waals surface area contributed by atoms with Crippen LogP contribution in [0, 0.1) is 0 Å². The minimum Gasteiger partial charge on any atom is -0.327 e. The van der Waals surface area contributed by atoms with Crippen molar-refractivity contribution in [2.45, 2.75) is 45.7 Å². The van der Waals surface area contributed by atoms with E-state index in [1.807, 2.05) is 0 Å². The number of hydrogen-bond donors (Lipinski definition) is 1. The lowest BCUT2D eigenvalue weighted by molar-refractivity contribution is 0.255. The Morgan fingerprint density at radius 1 is 1.18 bits per heavy atom. The second kappa shape index (κ2) is 8.26. The lowest BCUT2D eigenvalue weighted by atomic mass is 10.1. The summed E-state index contributed by atoms with van der Waals surface area (Å²) in [7, 11) is 0. The molecule has 1 aromatic rings. The van der Waals surface area contributed by atoms with Crippen molar-refractivity contribution in [3.05, 3.63) is 35.9 Å². The van der Waals surface area contributed by atoms with Crippen molar-refractivity contribution in [3.63, 3.8) is 0 Å². The van der Waals surface area contributed by atoms with Crippen LogP contribution in [0.15, 0.2) is 30.3 Å². The third-order valence-corrected chi connectivity index (χ3v) is 3.12. The van der Waals surface area contributed by atoms with Gasteiger partial charge >= 0.3 is 0 Å². The standard InChI is InChI=1S/C15H26N2/c1-3-5-11-15(16)13-17(4-2)12-14-9-7-6-8-10-14/h6-10,15H,3-5,11-13,16H2,1-2H3. The zero-order chi connectivity index (χ0) is 12.5. The lowest BCUT2D eigenvalue weighted by Gasteiger charge is -2.24. The van der Waals surface area contributed by atoms with E-state index in [1.165, 1.54) is 18.4 Å². The SMILES string of the molecule is CCCCC(N)CN(CC)Cc1ccccc1. The number of nitrogens with two attached hydrogens (primary N) is 1. The maximum absolute atomic E-state index is 6.15. The summed E-state index contributed by atoms with van der Waals surface area (Å²) in [6, 6.07) is 10.9. The van der Waals surface area contributed by atoms with Gasteiger partial charge < -0.3 is 5.73 Å². The topological polar surface area (TPSA) is 29.3 Å². The summed E-state index contributed by atoms with van der Waals surface area (Å²) in [5, 5.41) is 0. The molecule has 0 amide bonds. The van der Waals surface area contributed by atoms with Gasteiger partial charge in [-0.2, -0.15) is 0 Å². The van der Waals surface area contributed by atoms with Gasteiger partial charge in [-0.3, -0.25) is 4.90 Å². The van der Waals surface area contributed by atoms with E-state index in [9.17, 15) is 0 Å². The molecule has 0 aliphatic heterocycles. The van der Waals surface area contributed by atoms with Crippen molar-refractivity contribution in [3.8, 4) is 0 Å². The quantitative estimate of drug-likeness (QED) is 0.749. The smallest absolute Gasteiger partial charge is 0.0234 e. The Bertz CT molecular complexity index is 284. The first-order valence-electron chi connectivity index (χ1n) is 6.78. The summed E-state index contributed by atoms with van der Waals surface area (Å²) in [5.74, 6) is 0. The van der Waals surface area contributed by atoms with Gasteiger partial charge in [0.25, 0.3) is 0 Å². The van der Waals surface area contributed by atoms with Gasteiger partial charge in [0.2, 0.25) is 0 Å². The van der Waals surface area contributed by atoms with Crippen LogP contribution >= 0.6 is 0 Å². The normalized spacial score (nSPS) is 12.9. The van der Waals surface area contributed by atoms with Crippen LogP contribution in [0.25, 0.3) is 0 Å². The Hall–Kier alpha value is -0.860. The van der Waals surface area contributed by atoms with Crippen molar-refractivity contribution >= 4 is 0 Å². The molecule has 1 atom stereocenters. The van der Waals surface area contributed by atoms with Crippen LogP contribution in [-0.4, -0.2) is 24.0 Å². The van der Waals surface area contributed by atoms with Crippen LogP contribution in [0.2, 0.25) is 0 Å². The molecule has 0 bridgehead atoms. The molecule has 2 nitrogen and oxygen atoms in total. The molecule has 1 aromatic carbocycles. The molecule has 0 saturated heterocycles. The van der Waals surface area contributed by atoms with Crippen LogP contribution in [0.1, 0.15) is 38.7 Å². The molecule has 17 heavy (non-hydrogen) atoms. The molecule has 0 radical (unpaired) electrons. The van der Waals surface area contributed by atoms with Gasteiger partial charge in [-0.25, -0.2) is 0 Å².